The lowest BCUT2D eigenvalue weighted by Crippen LogP contribution is -2.27. The van der Waals surface area contributed by atoms with Gasteiger partial charge in [0.15, 0.2) is 0 Å². The molecule has 1 N–H and O–H groups in total. The predicted octanol–water partition coefficient (Wildman–Crippen LogP) is 4.59. The van der Waals surface area contributed by atoms with Gasteiger partial charge in [-0.15, -0.1) is 11.6 Å². The first-order valence-electron chi connectivity index (χ1n) is 6.80. The molecular formula is C14H30ClN. The molecule has 0 amide bonds. The minimum atomic E-state index is 0.274. The highest BCUT2D eigenvalue weighted by molar-refractivity contribution is 6.20. The second kappa shape index (κ2) is 9.30. The van der Waals surface area contributed by atoms with Crippen LogP contribution < -0.4 is 5.32 Å². The van der Waals surface area contributed by atoms with E-state index >= 15 is 0 Å². The monoisotopic (exact) mass is 247 g/mol. The zero-order valence-corrected chi connectivity index (χ0v) is 12.4. The fourth-order valence-corrected chi connectivity index (χ4v) is 2.42. The summed E-state index contributed by atoms with van der Waals surface area (Å²) in [6, 6.07) is 0. The average molecular weight is 248 g/mol. The molecule has 0 radical (unpaired) electrons. The van der Waals surface area contributed by atoms with Crippen LogP contribution >= 0.6 is 11.6 Å². The molecule has 0 aromatic heterocycles. The molecule has 2 heteroatoms. The van der Waals surface area contributed by atoms with Gasteiger partial charge in [-0.05, 0) is 24.8 Å². The Morgan fingerprint density at radius 3 is 2.25 bits per heavy atom. The summed E-state index contributed by atoms with van der Waals surface area (Å²) in [4.78, 5) is 0. The molecule has 0 aromatic carbocycles. The van der Waals surface area contributed by atoms with Crippen molar-refractivity contribution in [3.63, 3.8) is 0 Å². The summed E-state index contributed by atoms with van der Waals surface area (Å²) in [5.41, 5.74) is 0.342. The second-order valence-corrected chi connectivity index (χ2v) is 6.60. The molecule has 98 valence electrons. The quantitative estimate of drug-likeness (QED) is 0.464. The van der Waals surface area contributed by atoms with Crippen molar-refractivity contribution in [3.05, 3.63) is 0 Å². The van der Waals surface area contributed by atoms with E-state index in [0.29, 0.717) is 5.41 Å². The lowest BCUT2D eigenvalue weighted by Gasteiger charge is -2.22. The molecule has 16 heavy (non-hydrogen) atoms. The van der Waals surface area contributed by atoms with Gasteiger partial charge in [0.25, 0.3) is 0 Å². The maximum Gasteiger partial charge on any atom is 0.0465 e. The van der Waals surface area contributed by atoms with E-state index in [2.05, 4.69) is 33.0 Å². The molecule has 0 fully saturated rings. The molecular weight excluding hydrogens is 218 g/mol. The van der Waals surface area contributed by atoms with Gasteiger partial charge in [-0.25, -0.2) is 0 Å². The summed E-state index contributed by atoms with van der Waals surface area (Å²) >= 11 is 6.27. The van der Waals surface area contributed by atoms with Crippen LogP contribution in [0.4, 0.5) is 0 Å². The van der Waals surface area contributed by atoms with Crippen molar-refractivity contribution < 1.29 is 0 Å². The first-order chi connectivity index (χ1) is 7.45. The Morgan fingerprint density at radius 1 is 1.06 bits per heavy atom. The van der Waals surface area contributed by atoms with Crippen molar-refractivity contribution in [3.8, 4) is 0 Å². The Kier molecular flexibility index (Phi) is 9.44. The normalized spacial score (nSPS) is 14.1. The van der Waals surface area contributed by atoms with Gasteiger partial charge in [-0.3, -0.25) is 0 Å². The zero-order chi connectivity index (χ0) is 12.4. The third-order valence-electron chi connectivity index (χ3n) is 2.66. The topological polar surface area (TPSA) is 12.0 Å². The van der Waals surface area contributed by atoms with E-state index in [1.54, 1.807) is 0 Å². The highest BCUT2D eigenvalue weighted by Gasteiger charge is 2.15. The van der Waals surface area contributed by atoms with Gasteiger partial charge < -0.3 is 5.32 Å². The van der Waals surface area contributed by atoms with Gasteiger partial charge in [-0.2, -0.15) is 0 Å². The molecule has 0 aliphatic heterocycles. The van der Waals surface area contributed by atoms with Crippen molar-refractivity contribution in [1.29, 1.82) is 0 Å². The van der Waals surface area contributed by atoms with Crippen LogP contribution in [-0.2, 0) is 0 Å². The molecule has 0 aliphatic rings. The number of alkyl halides is 1. The summed E-state index contributed by atoms with van der Waals surface area (Å²) in [5, 5.41) is 3.73. The standard InChI is InChI=1S/C14H30ClN/c1-5-6-7-8-9-10-16-12-13(15)11-14(2,3)4/h13,16H,5-12H2,1-4H3. The Morgan fingerprint density at radius 2 is 1.69 bits per heavy atom. The van der Waals surface area contributed by atoms with Crippen LogP contribution in [0.3, 0.4) is 0 Å². The minimum absolute atomic E-state index is 0.274. The van der Waals surface area contributed by atoms with Crippen LogP contribution in [0, 0.1) is 5.41 Å². The number of nitrogens with one attached hydrogen (secondary N) is 1. The lowest BCUT2D eigenvalue weighted by atomic mass is 9.90. The SMILES string of the molecule is CCCCCCCNCC(Cl)CC(C)(C)C. The molecule has 0 aromatic rings. The number of halogens is 1. The Balaban J connectivity index is 3.25. The molecule has 0 spiro atoms. The molecule has 0 rings (SSSR count). The van der Waals surface area contributed by atoms with Crippen LogP contribution in [-0.4, -0.2) is 18.5 Å². The van der Waals surface area contributed by atoms with E-state index < -0.39 is 0 Å². The molecule has 0 bridgehead atoms. The van der Waals surface area contributed by atoms with E-state index in [9.17, 15) is 0 Å². The third-order valence-corrected chi connectivity index (χ3v) is 2.97. The fraction of sp³-hybridized carbons (Fsp3) is 1.00. The smallest absolute Gasteiger partial charge is 0.0465 e. The molecule has 0 heterocycles. The number of hydrogen-bond donors (Lipinski definition) is 1. The Labute approximate surface area is 107 Å². The molecule has 1 unspecified atom stereocenters. The van der Waals surface area contributed by atoms with E-state index in [1.807, 2.05) is 0 Å². The molecule has 0 saturated heterocycles. The first kappa shape index (κ1) is 16.2. The minimum Gasteiger partial charge on any atom is -0.315 e. The maximum absolute atomic E-state index is 6.27. The fourth-order valence-electron chi connectivity index (χ4n) is 1.85. The van der Waals surface area contributed by atoms with Gasteiger partial charge in [0.1, 0.15) is 0 Å². The highest BCUT2D eigenvalue weighted by atomic mass is 35.5. The molecule has 1 nitrogen and oxygen atoms in total. The molecule has 0 saturated carbocycles. The largest absolute Gasteiger partial charge is 0.315 e. The lowest BCUT2D eigenvalue weighted by molar-refractivity contribution is 0.364. The summed E-state index contributed by atoms with van der Waals surface area (Å²) in [7, 11) is 0. The average Bonchev–Trinajstić information content (AvgIpc) is 2.13. The van der Waals surface area contributed by atoms with E-state index in [1.165, 1.54) is 32.1 Å². The van der Waals surface area contributed by atoms with Crippen LogP contribution in [0.15, 0.2) is 0 Å². The van der Waals surface area contributed by atoms with Crippen LogP contribution in [0.5, 0.6) is 0 Å². The third kappa shape index (κ3) is 12.3. The van der Waals surface area contributed by atoms with Crippen molar-refractivity contribution in [2.24, 2.45) is 5.41 Å². The molecule has 1 atom stereocenters. The van der Waals surface area contributed by atoms with Gasteiger partial charge in [0, 0.05) is 11.9 Å². The Bertz CT molecular complexity index is 151. The van der Waals surface area contributed by atoms with E-state index in [4.69, 9.17) is 11.6 Å². The van der Waals surface area contributed by atoms with Gasteiger partial charge in [-0.1, -0.05) is 53.4 Å². The van der Waals surface area contributed by atoms with Gasteiger partial charge >= 0.3 is 0 Å². The second-order valence-electron chi connectivity index (χ2n) is 5.98. The van der Waals surface area contributed by atoms with Crippen LogP contribution in [0.25, 0.3) is 0 Å². The number of hydrogen-bond acceptors (Lipinski definition) is 1. The maximum atomic E-state index is 6.27. The molecule has 0 aliphatic carbocycles. The van der Waals surface area contributed by atoms with Crippen molar-refractivity contribution in [2.45, 2.75) is 71.6 Å². The van der Waals surface area contributed by atoms with Gasteiger partial charge in [0.05, 0.1) is 0 Å². The van der Waals surface area contributed by atoms with Crippen molar-refractivity contribution >= 4 is 11.6 Å². The van der Waals surface area contributed by atoms with Gasteiger partial charge in [0.2, 0.25) is 0 Å². The van der Waals surface area contributed by atoms with Crippen molar-refractivity contribution in [2.75, 3.05) is 13.1 Å². The number of unbranched alkanes of at least 4 members (excludes halogenated alkanes) is 4. The Hall–Kier alpha value is 0.250. The van der Waals surface area contributed by atoms with Crippen LogP contribution in [0.1, 0.15) is 66.2 Å². The number of rotatable bonds is 9. The zero-order valence-electron chi connectivity index (χ0n) is 11.6. The van der Waals surface area contributed by atoms with E-state index in [0.717, 1.165) is 19.5 Å². The summed E-state index contributed by atoms with van der Waals surface area (Å²) in [5.74, 6) is 0. The predicted molar refractivity (Wildman–Crippen MR) is 75.3 cm³/mol. The van der Waals surface area contributed by atoms with E-state index in [-0.39, 0.29) is 5.38 Å². The highest BCUT2D eigenvalue weighted by Crippen LogP contribution is 2.23. The summed E-state index contributed by atoms with van der Waals surface area (Å²) in [6.07, 6.45) is 7.80. The summed E-state index contributed by atoms with van der Waals surface area (Å²) in [6.45, 7) is 11.1. The van der Waals surface area contributed by atoms with Crippen molar-refractivity contribution in [1.82, 2.24) is 5.32 Å². The summed E-state index contributed by atoms with van der Waals surface area (Å²) < 4.78 is 0. The first-order valence-corrected chi connectivity index (χ1v) is 7.24. The van der Waals surface area contributed by atoms with Crippen LogP contribution in [0.2, 0.25) is 0 Å².